The molecule has 210 valence electrons. The molecule has 0 aliphatic carbocycles. The van der Waals surface area contributed by atoms with Gasteiger partial charge in [0.25, 0.3) is 0 Å². The Morgan fingerprint density at radius 1 is 0.923 bits per heavy atom. The van der Waals surface area contributed by atoms with Crippen molar-refractivity contribution in [3.05, 3.63) is 89.7 Å². The van der Waals surface area contributed by atoms with E-state index in [1.54, 1.807) is 71.9 Å². The van der Waals surface area contributed by atoms with Gasteiger partial charge in [0, 0.05) is 6.42 Å². The summed E-state index contributed by atoms with van der Waals surface area (Å²) in [5, 5.41) is 0. The van der Waals surface area contributed by atoms with Gasteiger partial charge in [0.2, 0.25) is 10.0 Å². The van der Waals surface area contributed by atoms with Crippen molar-refractivity contribution in [3.63, 3.8) is 0 Å². The Kier molecular flexibility index (Phi) is 10.5. The molecule has 0 amide bonds. The number of esters is 2. The highest BCUT2D eigenvalue weighted by Crippen LogP contribution is 2.28. The number of benzene rings is 2. The third kappa shape index (κ3) is 9.87. The Hall–Kier alpha value is -3.65. The molecular formula is C30H37NO7S. The molecule has 2 aromatic carbocycles. The van der Waals surface area contributed by atoms with Gasteiger partial charge in [-0.25, -0.2) is 18.0 Å². The lowest BCUT2D eigenvalue weighted by Crippen LogP contribution is -2.34. The summed E-state index contributed by atoms with van der Waals surface area (Å²) >= 11 is 0. The molecule has 9 heteroatoms. The lowest BCUT2D eigenvalue weighted by atomic mass is 9.98. The first-order valence-corrected chi connectivity index (χ1v) is 13.8. The maximum Gasteiger partial charge on any atom is 0.344 e. The second kappa shape index (κ2) is 12.9. The zero-order valence-corrected chi connectivity index (χ0v) is 24.3. The predicted molar refractivity (Wildman–Crippen MR) is 150 cm³/mol. The molecule has 0 saturated heterocycles. The van der Waals surface area contributed by atoms with Crippen molar-refractivity contribution < 1.29 is 32.2 Å². The van der Waals surface area contributed by atoms with E-state index in [1.807, 2.05) is 0 Å². The summed E-state index contributed by atoms with van der Waals surface area (Å²) < 4.78 is 45.9. The van der Waals surface area contributed by atoms with E-state index in [0.29, 0.717) is 11.3 Å². The van der Waals surface area contributed by atoms with Gasteiger partial charge in [-0.1, -0.05) is 42.1 Å². The summed E-state index contributed by atoms with van der Waals surface area (Å²) in [4.78, 5) is 26.5. The van der Waals surface area contributed by atoms with Crippen molar-refractivity contribution in [2.75, 3.05) is 7.11 Å². The number of allylic oxidation sites excluding steroid dienone is 1. The molecular weight excluding hydrogens is 518 g/mol. The average Bonchev–Trinajstić information content (AvgIpc) is 2.83. The number of rotatable bonds is 10. The predicted octanol–water partition coefficient (Wildman–Crippen LogP) is 5.43. The molecule has 1 N–H and O–H groups in total. The van der Waals surface area contributed by atoms with Crippen LogP contribution in [0.4, 0.5) is 0 Å². The molecule has 2 rings (SSSR count). The molecule has 39 heavy (non-hydrogen) atoms. The van der Waals surface area contributed by atoms with E-state index in [0.717, 1.165) is 0 Å². The summed E-state index contributed by atoms with van der Waals surface area (Å²) in [5.41, 5.74) is 1.35. The first-order valence-electron chi connectivity index (χ1n) is 12.3. The third-order valence-electron chi connectivity index (χ3n) is 4.96. The van der Waals surface area contributed by atoms with Crippen LogP contribution in [-0.2, 0) is 29.1 Å². The number of hydrogen-bond donors (Lipinski definition) is 1. The first kappa shape index (κ1) is 31.6. The fourth-order valence-corrected chi connectivity index (χ4v) is 4.52. The molecule has 0 spiro atoms. The summed E-state index contributed by atoms with van der Waals surface area (Å²) in [6, 6.07) is 13.0. The highest BCUT2D eigenvalue weighted by molar-refractivity contribution is 7.89. The smallest absolute Gasteiger partial charge is 0.344 e. The Bertz CT molecular complexity index is 1340. The minimum Gasteiger partial charge on any atom is -0.497 e. The first-order chi connectivity index (χ1) is 18.1. The molecule has 2 aromatic rings. The summed E-state index contributed by atoms with van der Waals surface area (Å²) in [5.74, 6) is -1.08. The number of sulfonamides is 1. The normalized spacial score (nSPS) is 12.5. The molecule has 0 heterocycles. The van der Waals surface area contributed by atoms with Crippen LogP contribution in [0.15, 0.2) is 89.0 Å². The van der Waals surface area contributed by atoms with E-state index < -0.39 is 39.2 Å². The zero-order chi connectivity index (χ0) is 29.4. The lowest BCUT2D eigenvalue weighted by molar-refractivity contribution is -0.150. The monoisotopic (exact) mass is 555 g/mol. The van der Waals surface area contributed by atoms with Crippen molar-refractivity contribution in [1.29, 1.82) is 0 Å². The van der Waals surface area contributed by atoms with E-state index in [-0.39, 0.29) is 22.5 Å². The molecule has 1 atom stereocenters. The van der Waals surface area contributed by atoms with Gasteiger partial charge in [0.15, 0.2) is 0 Å². The molecule has 0 radical (unpaired) electrons. The highest BCUT2D eigenvalue weighted by atomic mass is 32.2. The van der Waals surface area contributed by atoms with Crippen LogP contribution < -0.4 is 9.46 Å². The van der Waals surface area contributed by atoms with Gasteiger partial charge in [0.1, 0.15) is 22.5 Å². The molecule has 0 bridgehead atoms. The Balaban J connectivity index is 2.82. The van der Waals surface area contributed by atoms with Gasteiger partial charge in [0.05, 0.1) is 23.6 Å². The number of hydrogen-bond acceptors (Lipinski definition) is 7. The molecule has 8 nitrogen and oxygen atoms in total. The Labute approximate surface area is 231 Å². The van der Waals surface area contributed by atoms with E-state index >= 15 is 0 Å². The number of nitrogens with one attached hydrogen (secondary N) is 1. The standard InChI is InChI=1S/C30H37NO7S/c1-9-13-22(27(32)37-29(2,3)4)20-25(28(33)38-30(5,6)7)26(21-14-11-10-12-15-21)31-39(34,35)24-18-16-23(36-8)17-19-24/h9-12,14-19,26,31H,1,13H2,2-8H3/t20?,26-/m1/s1. The third-order valence-corrected chi connectivity index (χ3v) is 6.40. The van der Waals surface area contributed by atoms with E-state index in [1.165, 1.54) is 37.5 Å². The van der Waals surface area contributed by atoms with Crippen molar-refractivity contribution in [2.45, 2.75) is 70.1 Å². The molecule has 0 saturated carbocycles. The van der Waals surface area contributed by atoms with Gasteiger partial charge < -0.3 is 14.2 Å². The Morgan fingerprint density at radius 3 is 1.95 bits per heavy atom. The SMILES string of the molecule is C=CCC(=C=C(C(=O)OC(C)(C)C)[C@H](NS(=O)(=O)c1ccc(OC)cc1)c1ccccc1)C(=O)OC(C)(C)C. The van der Waals surface area contributed by atoms with Crippen molar-refractivity contribution in [2.24, 2.45) is 0 Å². The van der Waals surface area contributed by atoms with Crippen molar-refractivity contribution in [3.8, 4) is 5.75 Å². The minimum atomic E-state index is -4.17. The van der Waals surface area contributed by atoms with Crippen molar-refractivity contribution >= 4 is 22.0 Å². The quantitative estimate of drug-likeness (QED) is 0.180. The minimum absolute atomic E-state index is 0.00893. The zero-order valence-electron chi connectivity index (χ0n) is 23.5. The topological polar surface area (TPSA) is 108 Å². The molecule has 0 unspecified atom stereocenters. The number of carbonyl (C=O) groups excluding carboxylic acids is 2. The van der Waals surface area contributed by atoms with Crippen LogP contribution in [0.2, 0.25) is 0 Å². The van der Waals surface area contributed by atoms with Gasteiger partial charge in [-0.3, -0.25) is 0 Å². The molecule has 0 fully saturated rings. The Morgan fingerprint density at radius 2 is 1.46 bits per heavy atom. The van der Waals surface area contributed by atoms with Crippen molar-refractivity contribution in [1.82, 2.24) is 4.72 Å². The van der Waals surface area contributed by atoms with Crippen LogP contribution in [0.1, 0.15) is 59.6 Å². The summed E-state index contributed by atoms with van der Waals surface area (Å²) in [7, 11) is -2.70. The molecule has 0 aromatic heterocycles. The van der Waals surface area contributed by atoms with Crippen LogP contribution in [0.3, 0.4) is 0 Å². The molecule has 0 aliphatic rings. The number of ether oxygens (including phenoxy) is 3. The highest BCUT2D eigenvalue weighted by Gasteiger charge is 2.32. The fraction of sp³-hybridized carbons (Fsp3) is 0.367. The van der Waals surface area contributed by atoms with Gasteiger partial charge >= 0.3 is 11.9 Å². The molecule has 0 aliphatic heterocycles. The maximum absolute atomic E-state index is 13.6. The van der Waals surface area contributed by atoms with Crippen LogP contribution in [-0.4, -0.2) is 38.7 Å². The van der Waals surface area contributed by atoms with E-state index in [2.05, 4.69) is 17.0 Å². The van der Waals surface area contributed by atoms with E-state index in [4.69, 9.17) is 14.2 Å². The van der Waals surface area contributed by atoms with Crippen LogP contribution >= 0.6 is 0 Å². The van der Waals surface area contributed by atoms with E-state index in [9.17, 15) is 18.0 Å². The fourth-order valence-electron chi connectivity index (χ4n) is 3.32. The largest absolute Gasteiger partial charge is 0.497 e. The average molecular weight is 556 g/mol. The lowest BCUT2D eigenvalue weighted by Gasteiger charge is -2.25. The van der Waals surface area contributed by atoms with Crippen LogP contribution in [0.25, 0.3) is 0 Å². The van der Waals surface area contributed by atoms with Gasteiger partial charge in [-0.2, -0.15) is 4.72 Å². The second-order valence-corrected chi connectivity index (χ2v) is 12.4. The van der Waals surface area contributed by atoms with Gasteiger partial charge in [-0.15, -0.1) is 6.58 Å². The van der Waals surface area contributed by atoms with Crippen LogP contribution in [0.5, 0.6) is 5.75 Å². The van der Waals surface area contributed by atoms with Gasteiger partial charge in [-0.05, 0) is 71.4 Å². The van der Waals surface area contributed by atoms with Crippen LogP contribution in [0, 0.1) is 0 Å². The summed E-state index contributed by atoms with van der Waals surface area (Å²) in [6.45, 7) is 13.9. The number of methoxy groups -OCH3 is 1. The maximum atomic E-state index is 13.6. The summed E-state index contributed by atoms with van der Waals surface area (Å²) in [6.07, 6.45) is 1.49. The second-order valence-electron chi connectivity index (χ2n) is 10.7. The number of carbonyl (C=O) groups is 2.